The zero-order valence-corrected chi connectivity index (χ0v) is 18.8. The Kier molecular flexibility index (Phi) is 7.28. The molecule has 0 aromatic heterocycles. The molecule has 2 aromatic rings. The summed E-state index contributed by atoms with van der Waals surface area (Å²) in [5.74, 6) is 0.306. The summed E-state index contributed by atoms with van der Waals surface area (Å²) >= 11 is 12.1. The van der Waals surface area contributed by atoms with Crippen LogP contribution in [0, 0.1) is 5.92 Å². The number of carbonyl (C=O) groups is 2. The Morgan fingerprint density at radius 1 is 1.06 bits per heavy atom. The Morgan fingerprint density at radius 3 is 2.68 bits per heavy atom. The van der Waals surface area contributed by atoms with E-state index in [1.54, 1.807) is 0 Å². The molecule has 2 fully saturated rings. The van der Waals surface area contributed by atoms with Crippen molar-refractivity contribution in [3.05, 3.63) is 69.2 Å². The Bertz CT molecular complexity index is 962. The number of morpholine rings is 1. The van der Waals surface area contributed by atoms with Gasteiger partial charge >= 0.3 is 0 Å². The van der Waals surface area contributed by atoms with Crippen LogP contribution in [0.2, 0.25) is 10.0 Å². The minimum Gasteiger partial charge on any atom is -0.374 e. The molecule has 1 N–H and O–H groups in total. The van der Waals surface area contributed by atoms with Crippen LogP contribution in [0.15, 0.2) is 42.5 Å². The second kappa shape index (κ2) is 10.1. The zero-order valence-electron chi connectivity index (χ0n) is 17.3. The normalized spacial score (nSPS) is 19.2. The molecular formula is C24H26Cl2N2O3. The minimum absolute atomic E-state index is 0.0664. The molecule has 1 atom stereocenters. The van der Waals surface area contributed by atoms with Gasteiger partial charge in [-0.15, -0.1) is 0 Å². The van der Waals surface area contributed by atoms with Gasteiger partial charge < -0.3 is 10.1 Å². The number of nitrogens with zero attached hydrogens (tertiary/aromatic N) is 1. The summed E-state index contributed by atoms with van der Waals surface area (Å²) in [6, 6.07) is 13.1. The molecule has 1 aliphatic carbocycles. The van der Waals surface area contributed by atoms with E-state index in [-0.39, 0.29) is 30.1 Å². The maximum atomic E-state index is 12.4. The van der Waals surface area contributed by atoms with E-state index in [1.807, 2.05) is 42.5 Å². The lowest BCUT2D eigenvalue weighted by atomic mass is 10.0. The molecule has 1 aliphatic heterocycles. The summed E-state index contributed by atoms with van der Waals surface area (Å²) < 4.78 is 5.82. The molecule has 1 saturated heterocycles. The number of ether oxygens (including phenoxy) is 1. The summed E-state index contributed by atoms with van der Waals surface area (Å²) in [4.78, 5) is 27.0. The summed E-state index contributed by atoms with van der Waals surface area (Å²) in [5, 5.41) is 4.08. The number of nitrogens with one attached hydrogen (secondary N) is 1. The lowest BCUT2D eigenvalue weighted by Crippen LogP contribution is -2.47. The van der Waals surface area contributed by atoms with Crippen molar-refractivity contribution in [3.63, 3.8) is 0 Å². The summed E-state index contributed by atoms with van der Waals surface area (Å²) in [7, 11) is 0. The van der Waals surface area contributed by atoms with E-state index < -0.39 is 0 Å². The number of hydrogen-bond donors (Lipinski definition) is 1. The van der Waals surface area contributed by atoms with Crippen LogP contribution in [0.1, 0.15) is 34.3 Å². The van der Waals surface area contributed by atoms with Crippen LogP contribution >= 0.6 is 23.2 Å². The van der Waals surface area contributed by atoms with Gasteiger partial charge in [-0.2, -0.15) is 0 Å². The quantitative estimate of drug-likeness (QED) is 0.601. The molecule has 0 radical (unpaired) electrons. The van der Waals surface area contributed by atoms with Gasteiger partial charge in [0.1, 0.15) is 0 Å². The van der Waals surface area contributed by atoms with Crippen LogP contribution in [0.4, 0.5) is 0 Å². The Morgan fingerprint density at radius 2 is 1.90 bits per heavy atom. The fourth-order valence-electron chi connectivity index (χ4n) is 3.84. The standard InChI is InChI=1S/C24H26Cl2N2O3/c25-21-7-4-17(11-22(21)26)14-28-8-9-31-20(15-28)13-27-23(29)12-16-2-1-3-19(10-16)24(30)18-5-6-18/h1-4,7,10-11,18,20H,5-6,8-9,12-15H2,(H,27,29)/t20-/m0/s1. The molecule has 31 heavy (non-hydrogen) atoms. The molecule has 1 amide bonds. The number of carbonyl (C=O) groups excluding carboxylic acids is 2. The first kappa shape index (κ1) is 22.3. The second-order valence-corrected chi connectivity index (χ2v) is 9.11. The van der Waals surface area contributed by atoms with Gasteiger partial charge in [0.15, 0.2) is 5.78 Å². The lowest BCUT2D eigenvalue weighted by Gasteiger charge is -2.33. The second-order valence-electron chi connectivity index (χ2n) is 8.30. The molecule has 1 saturated carbocycles. The lowest BCUT2D eigenvalue weighted by molar-refractivity contribution is -0.121. The highest BCUT2D eigenvalue weighted by molar-refractivity contribution is 6.42. The topological polar surface area (TPSA) is 58.6 Å². The van der Waals surface area contributed by atoms with Crippen LogP contribution in [-0.2, 0) is 22.5 Å². The molecule has 7 heteroatoms. The molecule has 2 aliphatic rings. The van der Waals surface area contributed by atoms with Crippen molar-refractivity contribution in [1.82, 2.24) is 10.2 Å². The Hall–Kier alpha value is -1.92. The summed E-state index contributed by atoms with van der Waals surface area (Å²) in [6.45, 7) is 3.38. The van der Waals surface area contributed by atoms with Gasteiger partial charge in [-0.3, -0.25) is 14.5 Å². The first-order valence-corrected chi connectivity index (χ1v) is 11.4. The summed E-state index contributed by atoms with van der Waals surface area (Å²) in [6.07, 6.45) is 2.15. The SMILES string of the molecule is O=C(Cc1cccc(C(=O)C2CC2)c1)NC[C@H]1CN(Cc2ccc(Cl)c(Cl)c2)CCO1. The van der Waals surface area contributed by atoms with Crippen molar-refractivity contribution in [1.29, 1.82) is 0 Å². The van der Waals surface area contributed by atoms with Crippen LogP contribution in [0.3, 0.4) is 0 Å². The molecular weight excluding hydrogens is 435 g/mol. The highest BCUT2D eigenvalue weighted by Crippen LogP contribution is 2.32. The Balaban J connectivity index is 1.25. The van der Waals surface area contributed by atoms with Crippen LogP contribution in [-0.4, -0.2) is 48.9 Å². The summed E-state index contributed by atoms with van der Waals surface area (Å²) in [5.41, 5.74) is 2.66. The number of rotatable bonds is 8. The van der Waals surface area contributed by atoms with Gasteiger partial charge in [0.25, 0.3) is 0 Å². The molecule has 5 nitrogen and oxygen atoms in total. The van der Waals surface area contributed by atoms with Crippen molar-refractivity contribution < 1.29 is 14.3 Å². The maximum Gasteiger partial charge on any atom is 0.224 e. The molecule has 2 aromatic carbocycles. The monoisotopic (exact) mass is 460 g/mol. The van der Waals surface area contributed by atoms with Crippen LogP contribution in [0.5, 0.6) is 0 Å². The van der Waals surface area contributed by atoms with Crippen molar-refractivity contribution in [2.24, 2.45) is 5.92 Å². The number of halogens is 2. The van der Waals surface area contributed by atoms with Crippen molar-refractivity contribution in [3.8, 4) is 0 Å². The maximum absolute atomic E-state index is 12.4. The fraction of sp³-hybridized carbons (Fsp3) is 0.417. The van der Waals surface area contributed by atoms with Gasteiger partial charge in [-0.25, -0.2) is 0 Å². The molecule has 0 unspecified atom stereocenters. The minimum atomic E-state index is -0.0683. The predicted octanol–water partition coefficient (Wildman–Crippen LogP) is 4.15. The van der Waals surface area contributed by atoms with Crippen LogP contribution < -0.4 is 5.32 Å². The molecule has 0 spiro atoms. The first-order valence-electron chi connectivity index (χ1n) is 10.7. The average Bonchev–Trinajstić information content (AvgIpc) is 3.60. The van der Waals surface area contributed by atoms with Crippen molar-refractivity contribution >= 4 is 34.9 Å². The molecule has 164 valence electrons. The molecule has 1 heterocycles. The van der Waals surface area contributed by atoms with Gasteiger partial charge in [-0.05, 0) is 42.2 Å². The largest absolute Gasteiger partial charge is 0.374 e. The highest BCUT2D eigenvalue weighted by Gasteiger charge is 2.30. The van der Waals surface area contributed by atoms with E-state index >= 15 is 0 Å². The van der Waals surface area contributed by atoms with E-state index in [2.05, 4.69) is 10.2 Å². The van der Waals surface area contributed by atoms with E-state index in [9.17, 15) is 9.59 Å². The molecule has 4 rings (SSSR count). The Labute approximate surface area is 192 Å². The van der Waals surface area contributed by atoms with Gasteiger partial charge in [-0.1, -0.05) is 47.5 Å². The third-order valence-electron chi connectivity index (χ3n) is 5.66. The third-order valence-corrected chi connectivity index (χ3v) is 6.40. The number of ketones is 1. The molecule has 0 bridgehead atoms. The number of hydrogen-bond acceptors (Lipinski definition) is 4. The van der Waals surface area contributed by atoms with E-state index in [0.29, 0.717) is 28.8 Å². The van der Waals surface area contributed by atoms with Gasteiger partial charge in [0, 0.05) is 37.7 Å². The predicted molar refractivity (Wildman–Crippen MR) is 122 cm³/mol. The third kappa shape index (κ3) is 6.30. The number of Topliss-reactive ketones (excluding diaryl/α,β-unsaturated/α-hetero) is 1. The smallest absolute Gasteiger partial charge is 0.224 e. The fourth-order valence-corrected chi connectivity index (χ4v) is 4.16. The van der Waals surface area contributed by atoms with Gasteiger partial charge in [0.05, 0.1) is 29.2 Å². The first-order chi connectivity index (χ1) is 15.0. The zero-order chi connectivity index (χ0) is 21.8. The van der Waals surface area contributed by atoms with E-state index in [4.69, 9.17) is 27.9 Å². The van der Waals surface area contributed by atoms with Crippen molar-refractivity contribution in [2.45, 2.75) is 31.9 Å². The van der Waals surface area contributed by atoms with E-state index in [1.165, 1.54) is 0 Å². The van der Waals surface area contributed by atoms with Crippen LogP contribution in [0.25, 0.3) is 0 Å². The van der Waals surface area contributed by atoms with Crippen molar-refractivity contribution in [2.75, 3.05) is 26.2 Å². The highest BCUT2D eigenvalue weighted by atomic mass is 35.5. The number of amides is 1. The van der Waals surface area contributed by atoms with E-state index in [0.717, 1.165) is 43.6 Å². The average molecular weight is 461 g/mol. The van der Waals surface area contributed by atoms with Gasteiger partial charge in [0.2, 0.25) is 5.91 Å². The number of benzene rings is 2.